The van der Waals surface area contributed by atoms with Crippen molar-refractivity contribution < 1.29 is 31.9 Å². The van der Waals surface area contributed by atoms with Gasteiger partial charge in [-0.2, -0.15) is 0 Å². The molecule has 2 amide bonds. The van der Waals surface area contributed by atoms with E-state index in [-0.39, 0.29) is 33.8 Å². The second-order valence-corrected chi connectivity index (χ2v) is 12.8. The molecular formula is C30H34Cl2FN3O6S. The minimum atomic E-state index is -4.42. The van der Waals surface area contributed by atoms with Gasteiger partial charge >= 0.3 is 0 Å². The van der Waals surface area contributed by atoms with E-state index in [9.17, 15) is 22.4 Å². The van der Waals surface area contributed by atoms with Gasteiger partial charge in [-0.3, -0.25) is 13.9 Å². The summed E-state index contributed by atoms with van der Waals surface area (Å²) in [6.45, 7) is 5.03. The summed E-state index contributed by atoms with van der Waals surface area (Å²) in [6.07, 6.45) is 0. The summed E-state index contributed by atoms with van der Waals surface area (Å²) in [4.78, 5) is 28.2. The third kappa shape index (κ3) is 8.52. The standard InChI is InChI=1S/C30H34Cl2FN3O6S/c1-19(2)16-34-30(38)20(3)35(17-21-6-12-25(31)26(32)14-21)29(37)18-36(23-9-7-22(33)8-10-23)43(39,40)24-11-13-27(41-4)28(15-24)42-5/h6-15,19-20H,16-18H2,1-5H3,(H,34,38). The molecule has 0 aliphatic carbocycles. The molecule has 1 atom stereocenters. The number of hydrogen-bond donors (Lipinski definition) is 1. The summed E-state index contributed by atoms with van der Waals surface area (Å²) in [5.41, 5.74) is 0.610. The van der Waals surface area contributed by atoms with Crippen LogP contribution in [0.4, 0.5) is 10.1 Å². The Balaban J connectivity index is 2.06. The number of ether oxygens (including phenoxy) is 2. The summed E-state index contributed by atoms with van der Waals surface area (Å²) < 4.78 is 53.2. The van der Waals surface area contributed by atoms with Crippen molar-refractivity contribution in [3.8, 4) is 11.5 Å². The van der Waals surface area contributed by atoms with Gasteiger partial charge in [0.05, 0.1) is 34.8 Å². The van der Waals surface area contributed by atoms with Gasteiger partial charge in [0.2, 0.25) is 11.8 Å². The first-order valence-corrected chi connectivity index (χ1v) is 15.5. The fraction of sp³-hybridized carbons (Fsp3) is 0.333. The predicted octanol–water partition coefficient (Wildman–Crippen LogP) is 5.53. The summed E-state index contributed by atoms with van der Waals surface area (Å²) in [6, 6.07) is 12.5. The van der Waals surface area contributed by atoms with Crippen molar-refractivity contribution in [2.45, 2.75) is 38.3 Å². The van der Waals surface area contributed by atoms with E-state index in [4.69, 9.17) is 32.7 Å². The first kappa shape index (κ1) is 34.0. The van der Waals surface area contributed by atoms with E-state index in [2.05, 4.69) is 5.32 Å². The lowest BCUT2D eigenvalue weighted by atomic mass is 10.1. The van der Waals surface area contributed by atoms with Crippen LogP contribution < -0.4 is 19.1 Å². The number of nitrogens with zero attached hydrogens (tertiary/aromatic N) is 2. The lowest BCUT2D eigenvalue weighted by Gasteiger charge is -2.32. The molecule has 1 unspecified atom stereocenters. The van der Waals surface area contributed by atoms with E-state index >= 15 is 0 Å². The van der Waals surface area contributed by atoms with Crippen LogP contribution >= 0.6 is 23.2 Å². The van der Waals surface area contributed by atoms with Crippen LogP contribution in [-0.4, -0.2) is 58.5 Å². The highest BCUT2D eigenvalue weighted by Crippen LogP contribution is 2.32. The maximum Gasteiger partial charge on any atom is 0.264 e. The quantitative estimate of drug-likeness (QED) is 0.260. The molecule has 0 heterocycles. The Morgan fingerprint density at radius 1 is 0.907 bits per heavy atom. The van der Waals surface area contributed by atoms with Crippen molar-refractivity contribution in [2.75, 3.05) is 31.6 Å². The van der Waals surface area contributed by atoms with Crippen molar-refractivity contribution in [3.63, 3.8) is 0 Å². The Kier molecular flexibility index (Phi) is 11.7. The van der Waals surface area contributed by atoms with Crippen LogP contribution in [0.2, 0.25) is 10.0 Å². The third-order valence-corrected chi connectivity index (χ3v) is 9.03. The second-order valence-electron chi connectivity index (χ2n) is 10.1. The maximum atomic E-state index is 14.0. The Morgan fingerprint density at radius 2 is 1.56 bits per heavy atom. The Labute approximate surface area is 261 Å². The van der Waals surface area contributed by atoms with Crippen LogP contribution in [0.1, 0.15) is 26.3 Å². The highest BCUT2D eigenvalue weighted by molar-refractivity contribution is 7.92. The molecule has 1 N–H and O–H groups in total. The minimum absolute atomic E-state index is 0.0379. The van der Waals surface area contributed by atoms with E-state index in [1.807, 2.05) is 13.8 Å². The van der Waals surface area contributed by atoms with Gasteiger partial charge in [-0.1, -0.05) is 43.1 Å². The first-order valence-electron chi connectivity index (χ1n) is 13.3. The van der Waals surface area contributed by atoms with E-state index < -0.39 is 40.2 Å². The number of sulfonamides is 1. The minimum Gasteiger partial charge on any atom is -0.493 e. The van der Waals surface area contributed by atoms with E-state index in [1.54, 1.807) is 25.1 Å². The molecule has 0 saturated heterocycles. The Morgan fingerprint density at radius 3 is 2.14 bits per heavy atom. The summed E-state index contributed by atoms with van der Waals surface area (Å²) in [7, 11) is -1.64. The number of anilines is 1. The molecule has 0 bridgehead atoms. The van der Waals surface area contributed by atoms with Gasteiger partial charge < -0.3 is 19.7 Å². The molecule has 3 rings (SSSR count). The highest BCUT2D eigenvalue weighted by Gasteiger charge is 2.33. The molecule has 0 aliphatic heterocycles. The van der Waals surface area contributed by atoms with Crippen LogP contribution in [0.5, 0.6) is 11.5 Å². The fourth-order valence-electron chi connectivity index (χ4n) is 4.11. The van der Waals surface area contributed by atoms with Crippen LogP contribution in [0.3, 0.4) is 0 Å². The number of hydrogen-bond acceptors (Lipinski definition) is 6. The van der Waals surface area contributed by atoms with Crippen molar-refractivity contribution in [1.29, 1.82) is 0 Å². The molecule has 0 aromatic heterocycles. The topological polar surface area (TPSA) is 105 Å². The number of nitrogens with one attached hydrogen (secondary N) is 1. The van der Waals surface area contributed by atoms with Gasteiger partial charge in [-0.05, 0) is 66.9 Å². The van der Waals surface area contributed by atoms with Gasteiger partial charge in [0.15, 0.2) is 11.5 Å². The lowest BCUT2D eigenvalue weighted by Crippen LogP contribution is -2.51. The largest absolute Gasteiger partial charge is 0.493 e. The van der Waals surface area contributed by atoms with Crippen molar-refractivity contribution >= 4 is 50.7 Å². The number of amides is 2. The molecule has 0 saturated carbocycles. The molecule has 13 heteroatoms. The highest BCUT2D eigenvalue weighted by atomic mass is 35.5. The molecule has 3 aromatic rings. The molecule has 9 nitrogen and oxygen atoms in total. The maximum absolute atomic E-state index is 14.0. The van der Waals surface area contributed by atoms with Crippen LogP contribution in [0.15, 0.2) is 65.6 Å². The third-order valence-electron chi connectivity index (χ3n) is 6.53. The number of rotatable bonds is 13. The fourth-order valence-corrected chi connectivity index (χ4v) is 5.86. The van der Waals surface area contributed by atoms with Gasteiger partial charge in [0.25, 0.3) is 10.0 Å². The first-order chi connectivity index (χ1) is 20.3. The van der Waals surface area contributed by atoms with Gasteiger partial charge in [-0.15, -0.1) is 0 Å². The van der Waals surface area contributed by atoms with Gasteiger partial charge in [-0.25, -0.2) is 12.8 Å². The number of benzene rings is 3. The Bertz CT molecular complexity index is 1550. The van der Waals surface area contributed by atoms with E-state index in [1.165, 1.54) is 49.5 Å². The molecule has 0 radical (unpaired) electrons. The van der Waals surface area contributed by atoms with E-state index in [0.29, 0.717) is 22.9 Å². The molecule has 232 valence electrons. The number of methoxy groups -OCH3 is 2. The molecule has 0 fully saturated rings. The van der Waals surface area contributed by atoms with Crippen molar-refractivity contribution in [2.24, 2.45) is 5.92 Å². The summed E-state index contributed by atoms with van der Waals surface area (Å²) >= 11 is 12.3. The summed E-state index contributed by atoms with van der Waals surface area (Å²) in [5, 5.41) is 3.39. The molecule has 43 heavy (non-hydrogen) atoms. The monoisotopic (exact) mass is 653 g/mol. The predicted molar refractivity (Wildman–Crippen MR) is 165 cm³/mol. The molecule has 0 aliphatic rings. The Hall–Kier alpha value is -3.54. The molecule has 3 aromatic carbocycles. The average molecular weight is 655 g/mol. The van der Waals surface area contributed by atoms with Crippen LogP contribution in [-0.2, 0) is 26.2 Å². The van der Waals surface area contributed by atoms with Crippen LogP contribution in [0.25, 0.3) is 0 Å². The lowest BCUT2D eigenvalue weighted by molar-refractivity contribution is -0.139. The van der Waals surface area contributed by atoms with Gasteiger partial charge in [0, 0.05) is 19.2 Å². The van der Waals surface area contributed by atoms with Crippen molar-refractivity contribution in [3.05, 3.63) is 82.1 Å². The molecular weight excluding hydrogens is 620 g/mol. The van der Waals surface area contributed by atoms with Gasteiger partial charge in [0.1, 0.15) is 18.4 Å². The number of carbonyl (C=O) groups is 2. The zero-order valence-electron chi connectivity index (χ0n) is 24.4. The SMILES string of the molecule is COc1ccc(S(=O)(=O)N(CC(=O)N(Cc2ccc(Cl)c(Cl)c2)C(C)C(=O)NCC(C)C)c2ccc(F)cc2)cc1OC. The van der Waals surface area contributed by atoms with E-state index in [0.717, 1.165) is 16.4 Å². The molecule has 0 spiro atoms. The average Bonchev–Trinajstić information content (AvgIpc) is 2.98. The second kappa shape index (κ2) is 14.8. The number of halogens is 3. The smallest absolute Gasteiger partial charge is 0.264 e. The zero-order chi connectivity index (χ0) is 31.9. The normalized spacial score (nSPS) is 12.0. The van der Waals surface area contributed by atoms with Crippen LogP contribution in [0, 0.1) is 11.7 Å². The summed E-state index contributed by atoms with van der Waals surface area (Å²) in [5.74, 6) is -1.07. The van der Waals surface area contributed by atoms with Crippen molar-refractivity contribution in [1.82, 2.24) is 10.2 Å². The number of carbonyl (C=O) groups excluding carboxylic acids is 2. The zero-order valence-corrected chi connectivity index (χ0v) is 26.8.